The highest BCUT2D eigenvalue weighted by molar-refractivity contribution is 5.99. The van der Waals surface area contributed by atoms with Gasteiger partial charge in [-0.05, 0) is 35.4 Å². The van der Waals surface area contributed by atoms with E-state index in [0.29, 0.717) is 5.56 Å². The Labute approximate surface area is 173 Å². The van der Waals surface area contributed by atoms with Crippen molar-refractivity contribution in [1.82, 2.24) is 5.32 Å². The third-order valence-electron chi connectivity index (χ3n) is 4.41. The van der Waals surface area contributed by atoms with E-state index in [4.69, 9.17) is 0 Å². The van der Waals surface area contributed by atoms with Gasteiger partial charge in [-0.1, -0.05) is 42.5 Å². The molecule has 0 saturated carbocycles. The lowest BCUT2D eigenvalue weighted by atomic mass is 10.0. The van der Waals surface area contributed by atoms with Crippen LogP contribution < -0.4 is 15.5 Å². The first kappa shape index (κ1) is 21.0. The number of hydrogen-bond acceptors (Lipinski definition) is 3. The summed E-state index contributed by atoms with van der Waals surface area (Å²) in [5, 5.41) is 4.87. The molecule has 0 atom stereocenters. The van der Waals surface area contributed by atoms with Crippen LogP contribution in [-0.4, -0.2) is 32.5 Å². The summed E-state index contributed by atoms with van der Waals surface area (Å²) in [5.41, 5.74) is 2.18. The van der Waals surface area contributed by atoms with Gasteiger partial charge in [-0.25, -0.2) is 8.78 Å². The average Bonchev–Trinajstić information content (AvgIpc) is 2.72. The molecule has 3 aromatic carbocycles. The second-order valence-electron chi connectivity index (χ2n) is 6.86. The smallest absolute Gasteiger partial charge is 0.251 e. The molecule has 0 saturated heterocycles. The van der Waals surface area contributed by atoms with Gasteiger partial charge in [0.15, 0.2) is 11.6 Å². The number of halogens is 2. The van der Waals surface area contributed by atoms with Crippen LogP contribution in [0.2, 0.25) is 0 Å². The van der Waals surface area contributed by atoms with Crippen LogP contribution in [0.25, 0.3) is 11.1 Å². The molecule has 0 spiro atoms. The Kier molecular flexibility index (Phi) is 6.41. The van der Waals surface area contributed by atoms with E-state index in [0.717, 1.165) is 23.3 Å². The molecule has 5 nitrogen and oxygen atoms in total. The fraction of sp³-hybridized carbons (Fsp3) is 0.130. The van der Waals surface area contributed by atoms with Crippen LogP contribution in [0.15, 0.2) is 66.7 Å². The number of anilines is 2. The Morgan fingerprint density at radius 3 is 2.00 bits per heavy atom. The molecule has 0 fully saturated rings. The number of hydrogen-bond donors (Lipinski definition) is 2. The van der Waals surface area contributed by atoms with Crippen molar-refractivity contribution < 1.29 is 18.4 Å². The minimum atomic E-state index is -0.794. The highest BCUT2D eigenvalue weighted by Crippen LogP contribution is 2.25. The second-order valence-corrected chi connectivity index (χ2v) is 6.86. The van der Waals surface area contributed by atoms with E-state index in [9.17, 15) is 18.4 Å². The van der Waals surface area contributed by atoms with Crippen LogP contribution in [0.3, 0.4) is 0 Å². The lowest BCUT2D eigenvalue weighted by Gasteiger charge is -2.16. The van der Waals surface area contributed by atoms with E-state index in [1.807, 2.05) is 42.5 Å². The molecular weight excluding hydrogens is 388 g/mol. The molecule has 0 aromatic heterocycles. The molecule has 0 aliphatic carbocycles. The van der Waals surface area contributed by atoms with Crippen molar-refractivity contribution in [3.63, 3.8) is 0 Å². The van der Waals surface area contributed by atoms with Gasteiger partial charge in [0.05, 0.1) is 6.54 Å². The topological polar surface area (TPSA) is 61.4 Å². The molecule has 154 valence electrons. The summed E-state index contributed by atoms with van der Waals surface area (Å²) in [5.74, 6) is -2.61. The van der Waals surface area contributed by atoms with Gasteiger partial charge >= 0.3 is 0 Å². The van der Waals surface area contributed by atoms with Crippen molar-refractivity contribution in [2.24, 2.45) is 0 Å². The van der Waals surface area contributed by atoms with Crippen LogP contribution >= 0.6 is 0 Å². The Bertz CT molecular complexity index is 1030. The van der Waals surface area contributed by atoms with Gasteiger partial charge in [-0.3, -0.25) is 9.59 Å². The van der Waals surface area contributed by atoms with Gasteiger partial charge in [0.25, 0.3) is 5.91 Å². The molecule has 0 unspecified atom stereocenters. The van der Waals surface area contributed by atoms with E-state index in [-0.39, 0.29) is 17.9 Å². The minimum absolute atomic E-state index is 0.0259. The van der Waals surface area contributed by atoms with Crippen molar-refractivity contribution >= 4 is 23.2 Å². The molecule has 2 amide bonds. The fourth-order valence-electron chi connectivity index (χ4n) is 2.98. The molecule has 0 heterocycles. The molecule has 3 aromatic rings. The van der Waals surface area contributed by atoms with Gasteiger partial charge in [0, 0.05) is 25.3 Å². The second kappa shape index (κ2) is 9.17. The maximum absolute atomic E-state index is 14.0. The summed E-state index contributed by atoms with van der Waals surface area (Å²) in [4.78, 5) is 25.6. The lowest BCUT2D eigenvalue weighted by Crippen LogP contribution is -2.32. The highest BCUT2D eigenvalue weighted by Gasteiger charge is 2.15. The van der Waals surface area contributed by atoms with Gasteiger partial charge in [0.1, 0.15) is 5.69 Å². The quantitative estimate of drug-likeness (QED) is 0.645. The largest absolute Gasteiger partial charge is 0.373 e. The zero-order valence-corrected chi connectivity index (χ0v) is 16.6. The number of rotatable bonds is 6. The molecule has 7 heteroatoms. The van der Waals surface area contributed by atoms with Gasteiger partial charge in [-0.2, -0.15) is 0 Å². The number of carbonyl (C=O) groups excluding carboxylic acids is 2. The van der Waals surface area contributed by atoms with Crippen LogP contribution in [0.1, 0.15) is 10.4 Å². The standard InChI is InChI=1S/C23H21F2N3O2/c1-28(2)22-19(24)12-18(13-20(22)25)27-21(29)14-26-23(30)17-10-8-16(9-11-17)15-6-4-3-5-7-15/h3-13H,14H2,1-2H3,(H,26,30)(H,27,29). The average molecular weight is 409 g/mol. The summed E-state index contributed by atoms with van der Waals surface area (Å²) in [6.07, 6.45) is 0. The Morgan fingerprint density at radius 2 is 1.43 bits per heavy atom. The Hall–Kier alpha value is -3.74. The first-order valence-corrected chi connectivity index (χ1v) is 9.25. The van der Waals surface area contributed by atoms with Gasteiger partial charge in [-0.15, -0.1) is 0 Å². The monoisotopic (exact) mass is 409 g/mol. The van der Waals surface area contributed by atoms with E-state index in [1.54, 1.807) is 12.1 Å². The summed E-state index contributed by atoms with van der Waals surface area (Å²) < 4.78 is 28.0. The molecule has 0 bridgehead atoms. The third-order valence-corrected chi connectivity index (χ3v) is 4.41. The number of nitrogens with zero attached hydrogens (tertiary/aromatic N) is 1. The van der Waals surface area contributed by atoms with Crippen molar-refractivity contribution in [2.75, 3.05) is 30.9 Å². The molecule has 0 aliphatic heterocycles. The van der Waals surface area contributed by atoms with Crippen LogP contribution in [0.5, 0.6) is 0 Å². The van der Waals surface area contributed by atoms with Crippen molar-refractivity contribution in [3.05, 3.63) is 83.9 Å². The van der Waals surface area contributed by atoms with Gasteiger partial charge in [0.2, 0.25) is 5.91 Å². The number of amides is 2. The first-order valence-electron chi connectivity index (χ1n) is 9.25. The molecule has 0 radical (unpaired) electrons. The van der Waals surface area contributed by atoms with Gasteiger partial charge < -0.3 is 15.5 Å². The van der Waals surface area contributed by atoms with Crippen LogP contribution in [0, 0.1) is 11.6 Å². The zero-order chi connectivity index (χ0) is 21.7. The lowest BCUT2D eigenvalue weighted by molar-refractivity contribution is -0.115. The molecule has 2 N–H and O–H groups in total. The number of nitrogens with one attached hydrogen (secondary N) is 2. The van der Waals surface area contributed by atoms with E-state index in [2.05, 4.69) is 10.6 Å². The fourth-order valence-corrected chi connectivity index (χ4v) is 2.98. The predicted octanol–water partition coefficient (Wildman–Crippen LogP) is 4.07. The SMILES string of the molecule is CN(C)c1c(F)cc(NC(=O)CNC(=O)c2ccc(-c3ccccc3)cc2)cc1F. The summed E-state index contributed by atoms with van der Waals surface area (Å²) >= 11 is 0. The minimum Gasteiger partial charge on any atom is -0.373 e. The van der Waals surface area contributed by atoms with Crippen LogP contribution in [0.4, 0.5) is 20.2 Å². The van der Waals surface area contributed by atoms with Crippen molar-refractivity contribution in [2.45, 2.75) is 0 Å². The zero-order valence-electron chi connectivity index (χ0n) is 16.6. The summed E-state index contributed by atoms with van der Waals surface area (Å²) in [6.45, 7) is -0.335. The summed E-state index contributed by atoms with van der Waals surface area (Å²) in [7, 11) is 3.03. The molecular formula is C23H21F2N3O2. The Balaban J connectivity index is 1.58. The van der Waals surface area contributed by atoms with Crippen LogP contribution in [-0.2, 0) is 4.79 Å². The third kappa shape index (κ3) is 5.00. The summed E-state index contributed by atoms with van der Waals surface area (Å²) in [6, 6.07) is 18.8. The Morgan fingerprint density at radius 1 is 0.867 bits per heavy atom. The van der Waals surface area contributed by atoms with E-state index < -0.39 is 23.4 Å². The molecule has 3 rings (SSSR count). The van der Waals surface area contributed by atoms with Crippen molar-refractivity contribution in [3.8, 4) is 11.1 Å². The van der Waals surface area contributed by atoms with Crippen molar-refractivity contribution in [1.29, 1.82) is 0 Å². The highest BCUT2D eigenvalue weighted by atomic mass is 19.1. The number of benzene rings is 3. The first-order chi connectivity index (χ1) is 14.3. The normalized spacial score (nSPS) is 10.4. The van der Waals surface area contributed by atoms with E-state index in [1.165, 1.54) is 19.0 Å². The predicted molar refractivity (Wildman–Crippen MR) is 114 cm³/mol. The molecule has 0 aliphatic rings. The van der Waals surface area contributed by atoms with E-state index >= 15 is 0 Å². The maximum atomic E-state index is 14.0. The molecule has 30 heavy (non-hydrogen) atoms. The maximum Gasteiger partial charge on any atom is 0.251 e. The number of carbonyl (C=O) groups is 2.